The van der Waals surface area contributed by atoms with Crippen LogP contribution in [-0.4, -0.2) is 55.5 Å². The molecule has 0 bridgehead atoms. The number of benzene rings is 1. The molecule has 6 heteroatoms. The minimum atomic E-state index is -0.0379. The Kier molecular flexibility index (Phi) is 6.72. The summed E-state index contributed by atoms with van der Waals surface area (Å²) >= 11 is 0. The van der Waals surface area contributed by atoms with Crippen molar-refractivity contribution in [3.8, 4) is 5.75 Å². The fourth-order valence-electron chi connectivity index (χ4n) is 3.91. The molecule has 27 heavy (non-hydrogen) atoms. The first-order chi connectivity index (χ1) is 13.0. The maximum atomic E-state index is 12.6. The van der Waals surface area contributed by atoms with E-state index in [9.17, 15) is 9.59 Å². The number of likely N-dealkylation sites (tertiary alicyclic amines) is 1. The van der Waals surface area contributed by atoms with E-state index in [-0.39, 0.29) is 24.5 Å². The zero-order chi connectivity index (χ0) is 19.2. The Morgan fingerprint density at radius 1 is 1.11 bits per heavy atom. The van der Waals surface area contributed by atoms with Crippen molar-refractivity contribution in [3.05, 3.63) is 28.8 Å². The minimum Gasteiger partial charge on any atom is -0.483 e. The summed E-state index contributed by atoms with van der Waals surface area (Å²) in [6.45, 7) is 7.46. The molecule has 0 aromatic heterocycles. The number of rotatable bonds is 5. The molecule has 3 rings (SSSR count). The van der Waals surface area contributed by atoms with E-state index in [1.54, 1.807) is 0 Å². The summed E-state index contributed by atoms with van der Waals surface area (Å²) in [6.07, 6.45) is 5.27. The Balaban J connectivity index is 1.60. The molecule has 148 valence electrons. The molecule has 0 aliphatic carbocycles. The van der Waals surface area contributed by atoms with Gasteiger partial charge in [-0.05, 0) is 82.3 Å². The predicted octanol–water partition coefficient (Wildman–Crippen LogP) is 2.18. The number of amides is 2. The van der Waals surface area contributed by atoms with Crippen molar-refractivity contribution in [3.63, 3.8) is 0 Å². The molecular weight excluding hydrogens is 342 g/mol. The van der Waals surface area contributed by atoms with Crippen LogP contribution in [0.15, 0.2) is 12.1 Å². The maximum absolute atomic E-state index is 12.6. The summed E-state index contributed by atoms with van der Waals surface area (Å²) in [5.41, 5.74) is 2.42. The van der Waals surface area contributed by atoms with Crippen LogP contribution in [0.1, 0.15) is 53.6 Å². The van der Waals surface area contributed by atoms with Gasteiger partial charge in [0.15, 0.2) is 6.61 Å². The van der Waals surface area contributed by atoms with Gasteiger partial charge < -0.3 is 20.3 Å². The van der Waals surface area contributed by atoms with Crippen LogP contribution in [-0.2, 0) is 4.79 Å². The molecule has 0 unspecified atom stereocenters. The summed E-state index contributed by atoms with van der Waals surface area (Å²) in [4.78, 5) is 26.8. The first-order valence-corrected chi connectivity index (χ1v) is 10.1. The number of carbonyl (C=O) groups is 2. The predicted molar refractivity (Wildman–Crippen MR) is 105 cm³/mol. The average Bonchev–Trinajstić information content (AvgIpc) is 2.68. The molecule has 0 atom stereocenters. The lowest BCUT2D eigenvalue weighted by molar-refractivity contribution is -0.134. The lowest BCUT2D eigenvalue weighted by Gasteiger charge is -2.27. The van der Waals surface area contributed by atoms with E-state index in [2.05, 4.69) is 10.6 Å². The lowest BCUT2D eigenvalue weighted by atomic mass is 10.0. The number of hydrogen-bond donors (Lipinski definition) is 2. The van der Waals surface area contributed by atoms with Crippen molar-refractivity contribution in [1.29, 1.82) is 0 Å². The van der Waals surface area contributed by atoms with Crippen LogP contribution in [0.3, 0.4) is 0 Å². The molecule has 2 aliphatic heterocycles. The molecule has 2 saturated heterocycles. The number of piperidine rings is 2. The van der Waals surface area contributed by atoms with Crippen molar-refractivity contribution in [2.45, 2.75) is 52.0 Å². The highest BCUT2D eigenvalue weighted by molar-refractivity contribution is 5.95. The van der Waals surface area contributed by atoms with Gasteiger partial charge in [0.1, 0.15) is 5.75 Å². The summed E-state index contributed by atoms with van der Waals surface area (Å²) in [5.74, 6) is 0.712. The molecule has 2 fully saturated rings. The summed E-state index contributed by atoms with van der Waals surface area (Å²) in [7, 11) is 0. The van der Waals surface area contributed by atoms with E-state index < -0.39 is 0 Å². The van der Waals surface area contributed by atoms with Gasteiger partial charge in [0.25, 0.3) is 11.8 Å². The van der Waals surface area contributed by atoms with Gasteiger partial charge in [0.2, 0.25) is 0 Å². The molecular formula is C21H31N3O3. The van der Waals surface area contributed by atoms with Gasteiger partial charge in [0.05, 0.1) is 0 Å². The van der Waals surface area contributed by atoms with Crippen LogP contribution in [0.5, 0.6) is 5.75 Å². The van der Waals surface area contributed by atoms with Gasteiger partial charge in [-0.3, -0.25) is 9.59 Å². The number of nitrogens with one attached hydrogen (secondary N) is 2. The Bertz CT molecular complexity index is 654. The number of carbonyl (C=O) groups excluding carboxylic acids is 2. The van der Waals surface area contributed by atoms with Crippen molar-refractivity contribution >= 4 is 11.8 Å². The van der Waals surface area contributed by atoms with Crippen molar-refractivity contribution in [1.82, 2.24) is 15.5 Å². The monoisotopic (exact) mass is 373 g/mol. The van der Waals surface area contributed by atoms with Crippen LogP contribution in [0.4, 0.5) is 0 Å². The van der Waals surface area contributed by atoms with Gasteiger partial charge in [0, 0.05) is 24.7 Å². The summed E-state index contributed by atoms with van der Waals surface area (Å²) in [5, 5.41) is 6.42. The van der Waals surface area contributed by atoms with Gasteiger partial charge in [-0.15, -0.1) is 0 Å². The molecule has 2 amide bonds. The number of nitrogens with zero attached hydrogens (tertiary/aromatic N) is 1. The Morgan fingerprint density at radius 2 is 1.74 bits per heavy atom. The van der Waals surface area contributed by atoms with Gasteiger partial charge in [-0.2, -0.15) is 0 Å². The van der Waals surface area contributed by atoms with E-state index in [1.807, 2.05) is 30.9 Å². The Labute approximate surface area is 161 Å². The third kappa shape index (κ3) is 5.22. The summed E-state index contributed by atoms with van der Waals surface area (Å²) in [6, 6.07) is 3.94. The normalized spacial score (nSPS) is 18.2. The van der Waals surface area contributed by atoms with Gasteiger partial charge in [-0.25, -0.2) is 0 Å². The molecule has 2 aliphatic rings. The fourth-order valence-corrected chi connectivity index (χ4v) is 3.91. The van der Waals surface area contributed by atoms with Crippen LogP contribution in [0.2, 0.25) is 0 Å². The first kappa shape index (κ1) is 19.7. The van der Waals surface area contributed by atoms with E-state index in [1.165, 1.54) is 6.42 Å². The molecule has 6 nitrogen and oxygen atoms in total. The molecule has 2 N–H and O–H groups in total. The molecule has 0 spiro atoms. The molecule has 0 radical (unpaired) electrons. The highest BCUT2D eigenvalue weighted by Crippen LogP contribution is 2.25. The van der Waals surface area contributed by atoms with Crippen LogP contribution < -0.4 is 15.4 Å². The second kappa shape index (κ2) is 9.22. The van der Waals surface area contributed by atoms with Gasteiger partial charge in [-0.1, -0.05) is 0 Å². The zero-order valence-electron chi connectivity index (χ0n) is 16.5. The lowest BCUT2D eigenvalue weighted by Crippen LogP contribution is -2.42. The van der Waals surface area contributed by atoms with Crippen molar-refractivity contribution in [2.75, 3.05) is 32.8 Å². The van der Waals surface area contributed by atoms with Crippen LogP contribution >= 0.6 is 0 Å². The van der Waals surface area contributed by atoms with Crippen molar-refractivity contribution < 1.29 is 14.3 Å². The second-order valence-electron chi connectivity index (χ2n) is 7.67. The van der Waals surface area contributed by atoms with E-state index in [4.69, 9.17) is 4.74 Å². The number of ether oxygens (including phenoxy) is 1. The first-order valence-electron chi connectivity index (χ1n) is 10.1. The minimum absolute atomic E-state index is 0.0379. The molecule has 1 aromatic rings. The second-order valence-corrected chi connectivity index (χ2v) is 7.67. The maximum Gasteiger partial charge on any atom is 0.260 e. The molecule has 2 heterocycles. The fraction of sp³-hybridized carbons (Fsp3) is 0.619. The average molecular weight is 373 g/mol. The van der Waals surface area contributed by atoms with E-state index in [0.717, 1.165) is 63.0 Å². The SMILES string of the molecule is Cc1cc(C(=O)NC2CCNCC2)cc(C)c1OCC(=O)N1CCCCC1. The molecule has 1 aromatic carbocycles. The highest BCUT2D eigenvalue weighted by Gasteiger charge is 2.20. The van der Waals surface area contributed by atoms with E-state index in [0.29, 0.717) is 11.3 Å². The Morgan fingerprint density at radius 3 is 2.37 bits per heavy atom. The van der Waals surface area contributed by atoms with Crippen LogP contribution in [0, 0.1) is 13.8 Å². The standard InChI is InChI=1S/C21H31N3O3/c1-15-12-17(21(26)23-18-6-8-22-9-7-18)13-16(2)20(15)27-14-19(25)24-10-4-3-5-11-24/h12-13,18,22H,3-11,14H2,1-2H3,(H,23,26). The van der Waals surface area contributed by atoms with E-state index >= 15 is 0 Å². The van der Waals surface area contributed by atoms with Crippen LogP contribution in [0.25, 0.3) is 0 Å². The zero-order valence-corrected chi connectivity index (χ0v) is 16.5. The number of aryl methyl sites for hydroxylation is 2. The third-order valence-electron chi connectivity index (χ3n) is 5.45. The topological polar surface area (TPSA) is 70.7 Å². The van der Waals surface area contributed by atoms with Crippen molar-refractivity contribution in [2.24, 2.45) is 0 Å². The molecule has 0 saturated carbocycles. The Hall–Kier alpha value is -2.08. The quantitative estimate of drug-likeness (QED) is 0.830. The third-order valence-corrected chi connectivity index (χ3v) is 5.45. The van der Waals surface area contributed by atoms with Gasteiger partial charge >= 0.3 is 0 Å². The largest absolute Gasteiger partial charge is 0.483 e. The smallest absolute Gasteiger partial charge is 0.260 e. The number of hydrogen-bond acceptors (Lipinski definition) is 4. The summed E-state index contributed by atoms with van der Waals surface area (Å²) < 4.78 is 5.84. The highest BCUT2D eigenvalue weighted by atomic mass is 16.5.